The third-order valence-corrected chi connectivity index (χ3v) is 4.72. The van der Waals surface area contributed by atoms with Crippen molar-refractivity contribution in [2.45, 2.75) is 31.6 Å². The largest absolute Gasteiger partial charge is 0.356 e. The summed E-state index contributed by atoms with van der Waals surface area (Å²) in [5, 5.41) is 0. The Morgan fingerprint density at radius 3 is 3.00 bits per heavy atom. The van der Waals surface area contributed by atoms with Crippen LogP contribution in [0, 0.1) is 5.92 Å². The lowest BCUT2D eigenvalue weighted by Crippen LogP contribution is -2.36. The molecule has 1 aliphatic carbocycles. The van der Waals surface area contributed by atoms with Gasteiger partial charge in [0.2, 0.25) is 0 Å². The Morgan fingerprint density at radius 1 is 1.33 bits per heavy atom. The predicted octanol–water partition coefficient (Wildman–Crippen LogP) is 2.93. The monoisotopic (exact) mass is 263 g/mol. The maximum Gasteiger partial charge on any atom is 0.132 e. The molecular weight excluding hydrogens is 242 g/mol. The fraction of sp³-hybridized carbons (Fsp3) is 0.714. The lowest BCUT2D eigenvalue weighted by atomic mass is 10.00. The third kappa shape index (κ3) is 2.79. The number of rotatable bonds is 4. The summed E-state index contributed by atoms with van der Waals surface area (Å²) in [6.45, 7) is 2.33. The highest BCUT2D eigenvalue weighted by Crippen LogP contribution is 2.39. The SMILES string of the molecule is CSC[C@H]1CCCN(c2cc(C3CC3)ncn2)C1. The molecule has 0 amide bonds. The predicted molar refractivity (Wildman–Crippen MR) is 77.3 cm³/mol. The highest BCUT2D eigenvalue weighted by Gasteiger charge is 2.26. The summed E-state index contributed by atoms with van der Waals surface area (Å²) in [7, 11) is 0. The fourth-order valence-corrected chi connectivity index (χ4v) is 3.53. The summed E-state index contributed by atoms with van der Waals surface area (Å²) >= 11 is 1.96. The van der Waals surface area contributed by atoms with E-state index in [0.717, 1.165) is 24.2 Å². The Kier molecular flexibility index (Phi) is 3.73. The Morgan fingerprint density at radius 2 is 2.22 bits per heavy atom. The minimum absolute atomic E-state index is 0.721. The highest BCUT2D eigenvalue weighted by molar-refractivity contribution is 7.98. The van der Waals surface area contributed by atoms with E-state index in [2.05, 4.69) is 27.2 Å². The first kappa shape index (κ1) is 12.3. The topological polar surface area (TPSA) is 29.0 Å². The molecule has 18 heavy (non-hydrogen) atoms. The lowest BCUT2D eigenvalue weighted by molar-refractivity contribution is 0.450. The molecule has 1 saturated carbocycles. The lowest BCUT2D eigenvalue weighted by Gasteiger charge is -2.33. The summed E-state index contributed by atoms with van der Waals surface area (Å²) in [6, 6.07) is 2.22. The third-order valence-electron chi connectivity index (χ3n) is 3.91. The Labute approximate surface area is 113 Å². The number of nitrogens with zero attached hydrogens (tertiary/aromatic N) is 3. The zero-order valence-electron chi connectivity index (χ0n) is 11.0. The number of hydrogen-bond donors (Lipinski definition) is 0. The smallest absolute Gasteiger partial charge is 0.132 e. The van der Waals surface area contributed by atoms with Gasteiger partial charge in [0.05, 0.1) is 0 Å². The van der Waals surface area contributed by atoms with Gasteiger partial charge < -0.3 is 4.90 Å². The van der Waals surface area contributed by atoms with Crippen molar-refractivity contribution < 1.29 is 0 Å². The minimum atomic E-state index is 0.721. The Bertz CT molecular complexity index is 404. The molecule has 2 heterocycles. The van der Waals surface area contributed by atoms with Crippen LogP contribution in [0.4, 0.5) is 5.82 Å². The molecule has 98 valence electrons. The molecule has 3 rings (SSSR count). The first-order chi connectivity index (χ1) is 8.86. The molecule has 0 bridgehead atoms. The van der Waals surface area contributed by atoms with Crippen molar-refractivity contribution in [1.29, 1.82) is 0 Å². The van der Waals surface area contributed by atoms with Crippen LogP contribution in [0.5, 0.6) is 0 Å². The van der Waals surface area contributed by atoms with Crippen LogP contribution < -0.4 is 4.90 Å². The maximum absolute atomic E-state index is 4.48. The molecule has 0 unspecified atom stereocenters. The van der Waals surface area contributed by atoms with Gasteiger partial charge in [-0.05, 0) is 43.6 Å². The van der Waals surface area contributed by atoms with Crippen molar-refractivity contribution in [2.75, 3.05) is 30.0 Å². The van der Waals surface area contributed by atoms with E-state index in [1.54, 1.807) is 6.33 Å². The molecule has 0 N–H and O–H groups in total. The van der Waals surface area contributed by atoms with E-state index in [1.807, 2.05) is 11.8 Å². The van der Waals surface area contributed by atoms with Crippen molar-refractivity contribution in [3.05, 3.63) is 18.1 Å². The Balaban J connectivity index is 1.70. The van der Waals surface area contributed by atoms with Crippen molar-refractivity contribution in [3.63, 3.8) is 0 Å². The van der Waals surface area contributed by atoms with Gasteiger partial charge in [-0.2, -0.15) is 11.8 Å². The van der Waals surface area contributed by atoms with Crippen LogP contribution in [0.1, 0.15) is 37.3 Å². The molecule has 2 aliphatic rings. The molecule has 1 aromatic rings. The van der Waals surface area contributed by atoms with Crippen LogP contribution in [-0.2, 0) is 0 Å². The molecule has 2 fully saturated rings. The van der Waals surface area contributed by atoms with Crippen LogP contribution in [0.2, 0.25) is 0 Å². The van der Waals surface area contributed by atoms with Crippen LogP contribution in [0.15, 0.2) is 12.4 Å². The number of thioether (sulfide) groups is 1. The van der Waals surface area contributed by atoms with Crippen LogP contribution in [0.3, 0.4) is 0 Å². The second kappa shape index (κ2) is 5.47. The molecule has 1 aromatic heterocycles. The molecule has 0 aromatic carbocycles. The van der Waals surface area contributed by atoms with Gasteiger partial charge >= 0.3 is 0 Å². The van der Waals surface area contributed by atoms with E-state index in [9.17, 15) is 0 Å². The molecule has 4 heteroatoms. The van der Waals surface area contributed by atoms with Gasteiger partial charge in [-0.3, -0.25) is 0 Å². The zero-order valence-corrected chi connectivity index (χ0v) is 11.8. The molecule has 3 nitrogen and oxygen atoms in total. The first-order valence-corrected chi connectivity index (χ1v) is 8.32. The van der Waals surface area contributed by atoms with Gasteiger partial charge in [-0.25, -0.2) is 9.97 Å². The van der Waals surface area contributed by atoms with Gasteiger partial charge in [0.1, 0.15) is 12.1 Å². The van der Waals surface area contributed by atoms with Crippen LogP contribution >= 0.6 is 11.8 Å². The fourth-order valence-electron chi connectivity index (χ4n) is 2.78. The van der Waals surface area contributed by atoms with Gasteiger partial charge in [-0.1, -0.05) is 0 Å². The zero-order chi connectivity index (χ0) is 12.4. The Hall–Kier alpha value is -0.770. The average molecular weight is 263 g/mol. The van der Waals surface area contributed by atoms with Crippen molar-refractivity contribution >= 4 is 17.6 Å². The number of hydrogen-bond acceptors (Lipinski definition) is 4. The quantitative estimate of drug-likeness (QED) is 0.835. The van der Waals surface area contributed by atoms with E-state index in [4.69, 9.17) is 0 Å². The maximum atomic E-state index is 4.48. The standard InChI is InChI=1S/C14H21N3S/c1-18-9-11-3-2-6-17(8-11)14-7-13(12-4-5-12)15-10-16-14/h7,10-12H,2-6,8-9H2,1H3/t11-/m0/s1. The molecule has 0 spiro atoms. The molecule has 1 saturated heterocycles. The number of aromatic nitrogens is 2. The molecule has 1 atom stereocenters. The van der Waals surface area contributed by atoms with Gasteiger partial charge in [0.15, 0.2) is 0 Å². The molecular formula is C14H21N3S. The summed E-state index contributed by atoms with van der Waals surface area (Å²) < 4.78 is 0. The van der Waals surface area contributed by atoms with Crippen molar-refractivity contribution in [3.8, 4) is 0 Å². The van der Waals surface area contributed by atoms with Crippen LogP contribution in [0.25, 0.3) is 0 Å². The van der Waals surface area contributed by atoms with Gasteiger partial charge in [-0.15, -0.1) is 0 Å². The first-order valence-electron chi connectivity index (χ1n) is 6.92. The van der Waals surface area contributed by atoms with Crippen molar-refractivity contribution in [2.24, 2.45) is 5.92 Å². The second-order valence-corrected chi connectivity index (χ2v) is 6.40. The highest BCUT2D eigenvalue weighted by atomic mass is 32.2. The van der Waals surface area contributed by atoms with E-state index < -0.39 is 0 Å². The van der Waals surface area contributed by atoms with E-state index in [-0.39, 0.29) is 0 Å². The van der Waals surface area contributed by atoms with E-state index in [0.29, 0.717) is 0 Å². The molecule has 0 radical (unpaired) electrons. The van der Waals surface area contributed by atoms with E-state index in [1.165, 1.54) is 43.7 Å². The van der Waals surface area contributed by atoms with Crippen LogP contribution in [-0.4, -0.2) is 35.1 Å². The summed E-state index contributed by atoms with van der Waals surface area (Å²) in [6.07, 6.45) is 9.25. The van der Waals surface area contributed by atoms with Gasteiger partial charge in [0.25, 0.3) is 0 Å². The summed E-state index contributed by atoms with van der Waals surface area (Å²) in [4.78, 5) is 11.3. The van der Waals surface area contributed by atoms with Crippen molar-refractivity contribution in [1.82, 2.24) is 9.97 Å². The normalized spacial score (nSPS) is 24.3. The summed E-state index contributed by atoms with van der Waals surface area (Å²) in [5.74, 6) is 3.97. The minimum Gasteiger partial charge on any atom is -0.356 e. The number of anilines is 1. The second-order valence-electron chi connectivity index (χ2n) is 5.48. The molecule has 1 aliphatic heterocycles. The average Bonchev–Trinajstić information content (AvgIpc) is 3.24. The van der Waals surface area contributed by atoms with Gasteiger partial charge in [0, 0.05) is 30.8 Å². The van der Waals surface area contributed by atoms with E-state index >= 15 is 0 Å². The number of piperidine rings is 1. The summed E-state index contributed by atoms with van der Waals surface area (Å²) in [5.41, 5.74) is 1.26.